The van der Waals surface area contributed by atoms with E-state index >= 15 is 0 Å². The minimum Gasteiger partial charge on any atom is -0.398 e. The van der Waals surface area contributed by atoms with E-state index in [1.165, 1.54) is 15.2 Å². The summed E-state index contributed by atoms with van der Waals surface area (Å²) in [5, 5.41) is 1.22. The predicted molar refractivity (Wildman–Crippen MR) is 103 cm³/mol. The second-order valence-electron chi connectivity index (χ2n) is 5.83. The largest absolute Gasteiger partial charge is 0.398 e. The number of rotatable bonds is 3. The molecular weight excluding hydrogens is 312 g/mol. The van der Waals surface area contributed by atoms with Crippen molar-refractivity contribution >= 4 is 28.4 Å². The van der Waals surface area contributed by atoms with Crippen molar-refractivity contribution < 1.29 is 0 Å². The zero-order valence-electron chi connectivity index (χ0n) is 13.4. The van der Waals surface area contributed by atoms with Gasteiger partial charge < -0.3 is 10.7 Å². The van der Waals surface area contributed by atoms with Crippen molar-refractivity contribution in [2.45, 2.75) is 16.7 Å². The number of para-hydroxylation sites is 2. The first-order valence-corrected chi connectivity index (χ1v) is 8.75. The van der Waals surface area contributed by atoms with Crippen LogP contribution in [0.1, 0.15) is 5.56 Å². The summed E-state index contributed by atoms with van der Waals surface area (Å²) in [7, 11) is 0. The normalized spacial score (nSPS) is 11.0. The zero-order chi connectivity index (χ0) is 16.5. The molecule has 0 atom stereocenters. The number of anilines is 1. The molecule has 0 aliphatic rings. The van der Waals surface area contributed by atoms with Crippen molar-refractivity contribution in [2.24, 2.45) is 0 Å². The number of nitrogens with one attached hydrogen (secondary N) is 1. The lowest BCUT2D eigenvalue weighted by molar-refractivity contribution is 1.37. The fourth-order valence-electron chi connectivity index (χ4n) is 2.92. The van der Waals surface area contributed by atoms with E-state index in [-0.39, 0.29) is 0 Å². The smallest absolute Gasteiger partial charge is 0.0627 e. The Morgan fingerprint density at radius 2 is 1.58 bits per heavy atom. The van der Waals surface area contributed by atoms with Crippen LogP contribution in [0.5, 0.6) is 0 Å². The summed E-state index contributed by atoms with van der Waals surface area (Å²) >= 11 is 1.77. The molecule has 1 aromatic heterocycles. The molecule has 1 heterocycles. The van der Waals surface area contributed by atoms with Crippen LogP contribution in [-0.4, -0.2) is 4.98 Å². The monoisotopic (exact) mass is 330 g/mol. The van der Waals surface area contributed by atoms with Crippen molar-refractivity contribution in [1.29, 1.82) is 0 Å². The third-order valence-corrected chi connectivity index (χ3v) is 5.35. The summed E-state index contributed by atoms with van der Waals surface area (Å²) in [6.45, 7) is 2.05. The van der Waals surface area contributed by atoms with E-state index in [1.54, 1.807) is 11.8 Å². The number of aromatic nitrogens is 1. The Balaban J connectivity index is 1.95. The first-order chi connectivity index (χ1) is 11.7. The maximum absolute atomic E-state index is 6.37. The Kier molecular flexibility index (Phi) is 3.79. The summed E-state index contributed by atoms with van der Waals surface area (Å²) in [6, 6.07) is 25.0. The molecule has 0 bridgehead atoms. The lowest BCUT2D eigenvalue weighted by Crippen LogP contribution is -1.94. The molecule has 24 heavy (non-hydrogen) atoms. The van der Waals surface area contributed by atoms with Gasteiger partial charge in [0.1, 0.15) is 0 Å². The van der Waals surface area contributed by atoms with Crippen LogP contribution < -0.4 is 5.73 Å². The van der Waals surface area contributed by atoms with E-state index < -0.39 is 0 Å². The Morgan fingerprint density at radius 3 is 2.42 bits per heavy atom. The van der Waals surface area contributed by atoms with Crippen LogP contribution in [0, 0.1) is 6.92 Å². The average Bonchev–Trinajstić information content (AvgIpc) is 2.97. The highest BCUT2D eigenvalue weighted by Gasteiger charge is 2.16. The van der Waals surface area contributed by atoms with Crippen molar-refractivity contribution in [2.75, 3.05) is 5.73 Å². The number of fused-ring (bicyclic) bond motifs is 1. The second-order valence-corrected chi connectivity index (χ2v) is 6.91. The fraction of sp³-hybridized carbons (Fsp3) is 0.0476. The molecule has 4 rings (SSSR count). The summed E-state index contributed by atoms with van der Waals surface area (Å²) in [5.74, 6) is 0. The minimum absolute atomic E-state index is 0.832. The van der Waals surface area contributed by atoms with Gasteiger partial charge in [0.05, 0.1) is 5.69 Å². The van der Waals surface area contributed by atoms with E-state index in [2.05, 4.69) is 65.6 Å². The molecule has 118 valence electrons. The lowest BCUT2D eigenvalue weighted by atomic mass is 10.1. The number of aromatic amines is 1. The molecule has 4 aromatic rings. The number of hydrogen-bond acceptors (Lipinski definition) is 2. The van der Waals surface area contributed by atoms with E-state index in [0.717, 1.165) is 28.0 Å². The van der Waals surface area contributed by atoms with Gasteiger partial charge in [-0.25, -0.2) is 0 Å². The van der Waals surface area contributed by atoms with Gasteiger partial charge in [-0.1, -0.05) is 66.4 Å². The molecule has 2 nitrogen and oxygen atoms in total. The Morgan fingerprint density at radius 1 is 0.833 bits per heavy atom. The first-order valence-electron chi connectivity index (χ1n) is 7.93. The Hall–Kier alpha value is -2.65. The van der Waals surface area contributed by atoms with Gasteiger partial charge in [-0.3, -0.25) is 0 Å². The molecule has 0 spiro atoms. The molecule has 0 unspecified atom stereocenters. The van der Waals surface area contributed by atoms with Gasteiger partial charge in [-0.2, -0.15) is 0 Å². The van der Waals surface area contributed by atoms with Gasteiger partial charge in [0.25, 0.3) is 0 Å². The Bertz CT molecular complexity index is 1000. The molecule has 0 amide bonds. The van der Waals surface area contributed by atoms with Gasteiger partial charge in [0.15, 0.2) is 0 Å². The van der Waals surface area contributed by atoms with Crippen LogP contribution in [0.15, 0.2) is 82.6 Å². The molecule has 0 aliphatic heterocycles. The molecule has 3 N–H and O–H groups in total. The maximum atomic E-state index is 6.37. The highest BCUT2D eigenvalue weighted by molar-refractivity contribution is 7.99. The average molecular weight is 330 g/mol. The third kappa shape index (κ3) is 2.57. The van der Waals surface area contributed by atoms with E-state index in [4.69, 9.17) is 5.73 Å². The molecule has 0 radical (unpaired) electrons. The number of nitrogens with two attached hydrogens (primary N) is 1. The predicted octanol–water partition coefficient (Wildman–Crippen LogP) is 5.88. The molecular formula is C21H18N2S. The van der Waals surface area contributed by atoms with Crippen LogP contribution >= 0.6 is 11.8 Å². The molecule has 3 heteroatoms. The molecule has 3 aromatic carbocycles. The van der Waals surface area contributed by atoms with Crippen molar-refractivity contribution in [1.82, 2.24) is 4.98 Å². The van der Waals surface area contributed by atoms with Gasteiger partial charge in [-0.15, -0.1) is 0 Å². The summed E-state index contributed by atoms with van der Waals surface area (Å²) < 4.78 is 0. The first kappa shape index (κ1) is 14.9. The van der Waals surface area contributed by atoms with Crippen molar-refractivity contribution in [3.63, 3.8) is 0 Å². The van der Waals surface area contributed by atoms with Crippen LogP contribution in [-0.2, 0) is 0 Å². The highest BCUT2D eigenvalue weighted by Crippen LogP contribution is 2.42. The number of H-pyrrole nitrogens is 1. The lowest BCUT2D eigenvalue weighted by Gasteiger charge is -2.10. The standard InChI is InChI=1S/C21H18N2S/c1-14-8-7-12-17(19(14)22)20-21(24-15-9-3-2-4-10-15)16-11-5-6-13-18(16)23-20/h2-13,23H,22H2,1H3. The van der Waals surface area contributed by atoms with Gasteiger partial charge in [0.2, 0.25) is 0 Å². The molecule has 0 aliphatic carbocycles. The molecule has 0 fully saturated rings. The topological polar surface area (TPSA) is 41.8 Å². The number of nitrogen functional groups attached to an aromatic ring is 1. The van der Waals surface area contributed by atoms with Crippen molar-refractivity contribution in [3.05, 3.63) is 78.4 Å². The SMILES string of the molecule is Cc1cccc(-c2[nH]c3ccccc3c2Sc2ccccc2)c1N. The van der Waals surface area contributed by atoms with E-state index in [1.807, 2.05) is 19.1 Å². The summed E-state index contributed by atoms with van der Waals surface area (Å²) in [4.78, 5) is 6.00. The third-order valence-electron chi connectivity index (χ3n) is 4.22. The minimum atomic E-state index is 0.832. The van der Waals surface area contributed by atoms with Crippen LogP contribution in [0.2, 0.25) is 0 Å². The summed E-state index contributed by atoms with van der Waals surface area (Å²) in [6.07, 6.45) is 0. The summed E-state index contributed by atoms with van der Waals surface area (Å²) in [5.41, 5.74) is 11.6. The van der Waals surface area contributed by atoms with Gasteiger partial charge >= 0.3 is 0 Å². The van der Waals surface area contributed by atoms with E-state index in [9.17, 15) is 0 Å². The molecule has 0 saturated carbocycles. The maximum Gasteiger partial charge on any atom is 0.0627 e. The fourth-order valence-corrected chi connectivity index (χ4v) is 4.00. The Labute approximate surface area is 145 Å². The van der Waals surface area contributed by atoms with Crippen LogP contribution in [0.3, 0.4) is 0 Å². The number of benzene rings is 3. The number of hydrogen-bond donors (Lipinski definition) is 2. The molecule has 0 saturated heterocycles. The van der Waals surface area contributed by atoms with Gasteiger partial charge in [-0.05, 0) is 30.7 Å². The van der Waals surface area contributed by atoms with Gasteiger partial charge in [0, 0.05) is 31.9 Å². The van der Waals surface area contributed by atoms with Crippen molar-refractivity contribution in [3.8, 4) is 11.3 Å². The van der Waals surface area contributed by atoms with E-state index in [0.29, 0.717) is 0 Å². The highest BCUT2D eigenvalue weighted by atomic mass is 32.2. The van der Waals surface area contributed by atoms with Crippen LogP contribution in [0.4, 0.5) is 5.69 Å². The second kappa shape index (κ2) is 6.10. The number of aryl methyl sites for hydroxylation is 1. The van der Waals surface area contributed by atoms with Crippen LogP contribution in [0.25, 0.3) is 22.2 Å². The zero-order valence-corrected chi connectivity index (χ0v) is 14.2. The quantitative estimate of drug-likeness (QED) is 0.461.